The monoisotopic (exact) mass is 286 g/mol. The highest BCUT2D eigenvalue weighted by atomic mass is 16.3. The smallest absolute Gasteiger partial charge is 0.134 e. The minimum Gasteiger partial charge on any atom is -0.460 e. The third-order valence-corrected chi connectivity index (χ3v) is 4.33. The summed E-state index contributed by atoms with van der Waals surface area (Å²) in [7, 11) is 0. The molecular formula is C18H26N2O. The molecule has 1 aliphatic heterocycles. The number of likely N-dealkylation sites (tertiary alicyclic amines) is 1. The van der Waals surface area contributed by atoms with Crippen molar-refractivity contribution in [1.29, 1.82) is 0 Å². The second kappa shape index (κ2) is 6.63. The van der Waals surface area contributed by atoms with Crippen molar-refractivity contribution in [2.45, 2.75) is 45.7 Å². The summed E-state index contributed by atoms with van der Waals surface area (Å²) in [6, 6.07) is 8.99. The standard InChI is InChI=1S/C18H26N2O/c1-14-6-7-18-16(10-14)11-17(21-18)12-19-15(2)13-20-8-4-3-5-9-20/h6-7,10-11,15,19H,3-5,8-9,12-13H2,1-2H3. The second-order valence-corrected chi connectivity index (χ2v) is 6.40. The van der Waals surface area contributed by atoms with Crippen molar-refractivity contribution >= 4 is 11.0 Å². The Labute approximate surface area is 127 Å². The van der Waals surface area contributed by atoms with E-state index in [2.05, 4.69) is 48.3 Å². The van der Waals surface area contributed by atoms with E-state index in [1.807, 2.05) is 0 Å². The molecule has 1 saturated heterocycles. The Hall–Kier alpha value is -1.32. The molecule has 3 rings (SSSR count). The number of benzene rings is 1. The van der Waals surface area contributed by atoms with Gasteiger partial charge in [-0.3, -0.25) is 0 Å². The number of hydrogen-bond acceptors (Lipinski definition) is 3. The summed E-state index contributed by atoms with van der Waals surface area (Å²) >= 11 is 0. The van der Waals surface area contributed by atoms with Crippen molar-refractivity contribution < 1.29 is 4.42 Å². The van der Waals surface area contributed by atoms with Gasteiger partial charge in [0, 0.05) is 18.0 Å². The van der Waals surface area contributed by atoms with E-state index >= 15 is 0 Å². The fourth-order valence-corrected chi connectivity index (χ4v) is 3.17. The van der Waals surface area contributed by atoms with Crippen molar-refractivity contribution in [1.82, 2.24) is 10.2 Å². The lowest BCUT2D eigenvalue weighted by atomic mass is 10.1. The van der Waals surface area contributed by atoms with Gasteiger partial charge in [0.15, 0.2) is 0 Å². The summed E-state index contributed by atoms with van der Waals surface area (Å²) in [6.45, 7) is 8.85. The molecule has 1 fully saturated rings. The van der Waals surface area contributed by atoms with Crippen LogP contribution in [0.1, 0.15) is 37.5 Å². The van der Waals surface area contributed by atoms with Crippen molar-refractivity contribution in [3.63, 3.8) is 0 Å². The van der Waals surface area contributed by atoms with E-state index in [0.717, 1.165) is 24.4 Å². The first-order chi connectivity index (χ1) is 10.2. The largest absolute Gasteiger partial charge is 0.460 e. The van der Waals surface area contributed by atoms with Gasteiger partial charge in [-0.15, -0.1) is 0 Å². The molecule has 0 saturated carbocycles. The summed E-state index contributed by atoms with van der Waals surface area (Å²) in [5.74, 6) is 1.03. The summed E-state index contributed by atoms with van der Waals surface area (Å²) in [5.41, 5.74) is 2.27. The lowest BCUT2D eigenvalue weighted by Gasteiger charge is -2.29. The maximum Gasteiger partial charge on any atom is 0.134 e. The summed E-state index contributed by atoms with van der Waals surface area (Å²) in [5, 5.41) is 4.79. The van der Waals surface area contributed by atoms with Crippen LogP contribution in [-0.4, -0.2) is 30.6 Å². The number of rotatable bonds is 5. The van der Waals surface area contributed by atoms with E-state index in [9.17, 15) is 0 Å². The van der Waals surface area contributed by atoms with E-state index in [1.54, 1.807) is 0 Å². The van der Waals surface area contributed by atoms with Crippen molar-refractivity contribution in [3.05, 3.63) is 35.6 Å². The molecule has 0 bridgehead atoms. The molecule has 1 N–H and O–H groups in total. The molecule has 1 unspecified atom stereocenters. The molecule has 3 heteroatoms. The minimum absolute atomic E-state index is 0.498. The van der Waals surface area contributed by atoms with Crippen LogP contribution in [0.2, 0.25) is 0 Å². The number of piperidine rings is 1. The van der Waals surface area contributed by atoms with Gasteiger partial charge in [-0.2, -0.15) is 0 Å². The van der Waals surface area contributed by atoms with E-state index < -0.39 is 0 Å². The lowest BCUT2D eigenvalue weighted by molar-refractivity contribution is 0.208. The summed E-state index contributed by atoms with van der Waals surface area (Å²) < 4.78 is 5.89. The minimum atomic E-state index is 0.498. The van der Waals surface area contributed by atoms with Crippen LogP contribution in [0.15, 0.2) is 28.7 Å². The van der Waals surface area contributed by atoms with Gasteiger partial charge in [-0.05, 0) is 58.0 Å². The van der Waals surface area contributed by atoms with Gasteiger partial charge in [0.2, 0.25) is 0 Å². The Morgan fingerprint density at radius 1 is 1.19 bits per heavy atom. The molecular weight excluding hydrogens is 260 g/mol. The van der Waals surface area contributed by atoms with Crippen LogP contribution in [0.5, 0.6) is 0 Å². The topological polar surface area (TPSA) is 28.4 Å². The van der Waals surface area contributed by atoms with Crippen molar-refractivity contribution in [3.8, 4) is 0 Å². The maximum atomic E-state index is 5.89. The molecule has 1 aromatic carbocycles. The molecule has 0 radical (unpaired) electrons. The van der Waals surface area contributed by atoms with Crippen LogP contribution in [0, 0.1) is 6.92 Å². The third-order valence-electron chi connectivity index (χ3n) is 4.33. The number of nitrogens with zero attached hydrogens (tertiary/aromatic N) is 1. The molecule has 21 heavy (non-hydrogen) atoms. The van der Waals surface area contributed by atoms with Crippen LogP contribution in [0.4, 0.5) is 0 Å². The van der Waals surface area contributed by atoms with Crippen LogP contribution in [0.3, 0.4) is 0 Å². The quantitative estimate of drug-likeness (QED) is 0.908. The fourth-order valence-electron chi connectivity index (χ4n) is 3.17. The first-order valence-electron chi connectivity index (χ1n) is 8.15. The molecule has 114 valence electrons. The van der Waals surface area contributed by atoms with E-state index in [-0.39, 0.29) is 0 Å². The molecule has 2 heterocycles. The van der Waals surface area contributed by atoms with Gasteiger partial charge in [0.25, 0.3) is 0 Å². The predicted molar refractivity (Wildman–Crippen MR) is 87.5 cm³/mol. The van der Waals surface area contributed by atoms with Crippen molar-refractivity contribution in [2.75, 3.05) is 19.6 Å². The Morgan fingerprint density at radius 3 is 2.81 bits per heavy atom. The van der Waals surface area contributed by atoms with Gasteiger partial charge < -0.3 is 14.6 Å². The highest BCUT2D eigenvalue weighted by Crippen LogP contribution is 2.20. The zero-order valence-electron chi connectivity index (χ0n) is 13.2. The Balaban J connectivity index is 1.53. The number of hydrogen-bond donors (Lipinski definition) is 1. The zero-order chi connectivity index (χ0) is 14.7. The van der Waals surface area contributed by atoms with Crippen LogP contribution >= 0.6 is 0 Å². The molecule has 1 aliphatic rings. The molecule has 0 amide bonds. The highest BCUT2D eigenvalue weighted by Gasteiger charge is 2.13. The molecule has 2 aromatic rings. The Bertz CT molecular complexity index is 584. The van der Waals surface area contributed by atoms with Crippen LogP contribution in [-0.2, 0) is 6.54 Å². The molecule has 0 spiro atoms. The first-order valence-corrected chi connectivity index (χ1v) is 8.15. The average Bonchev–Trinajstić information content (AvgIpc) is 2.88. The van der Waals surface area contributed by atoms with E-state index in [1.165, 1.54) is 43.3 Å². The SMILES string of the molecule is Cc1ccc2oc(CNC(C)CN3CCCCC3)cc2c1. The molecule has 1 aromatic heterocycles. The Morgan fingerprint density at radius 2 is 2.00 bits per heavy atom. The van der Waals surface area contributed by atoms with Crippen molar-refractivity contribution in [2.24, 2.45) is 0 Å². The van der Waals surface area contributed by atoms with Gasteiger partial charge in [-0.25, -0.2) is 0 Å². The second-order valence-electron chi connectivity index (χ2n) is 6.40. The zero-order valence-corrected chi connectivity index (χ0v) is 13.2. The lowest BCUT2D eigenvalue weighted by Crippen LogP contribution is -2.41. The normalized spacial score (nSPS) is 18.2. The van der Waals surface area contributed by atoms with Crippen LogP contribution in [0.25, 0.3) is 11.0 Å². The number of furan rings is 1. The number of nitrogens with one attached hydrogen (secondary N) is 1. The maximum absolute atomic E-state index is 5.89. The number of aryl methyl sites for hydroxylation is 1. The van der Waals surface area contributed by atoms with E-state index in [4.69, 9.17) is 4.42 Å². The highest BCUT2D eigenvalue weighted by molar-refractivity contribution is 5.78. The van der Waals surface area contributed by atoms with Crippen LogP contribution < -0.4 is 5.32 Å². The predicted octanol–water partition coefficient (Wildman–Crippen LogP) is 3.71. The summed E-state index contributed by atoms with van der Waals surface area (Å²) in [6.07, 6.45) is 4.11. The summed E-state index contributed by atoms with van der Waals surface area (Å²) in [4.78, 5) is 2.57. The van der Waals surface area contributed by atoms with E-state index in [0.29, 0.717) is 6.04 Å². The fraction of sp³-hybridized carbons (Fsp3) is 0.556. The Kier molecular flexibility index (Phi) is 4.61. The first kappa shape index (κ1) is 14.6. The number of fused-ring (bicyclic) bond motifs is 1. The van der Waals surface area contributed by atoms with Gasteiger partial charge in [0.1, 0.15) is 11.3 Å². The molecule has 0 aliphatic carbocycles. The average molecular weight is 286 g/mol. The van der Waals surface area contributed by atoms with Gasteiger partial charge in [0.05, 0.1) is 6.54 Å². The van der Waals surface area contributed by atoms with Gasteiger partial charge >= 0.3 is 0 Å². The third kappa shape index (κ3) is 3.86. The molecule has 1 atom stereocenters. The van der Waals surface area contributed by atoms with Gasteiger partial charge in [-0.1, -0.05) is 18.1 Å². The molecule has 3 nitrogen and oxygen atoms in total.